The minimum Gasteiger partial charge on any atom is -0.464 e. The number of carbonyl (C=O) groups is 1. The fourth-order valence-electron chi connectivity index (χ4n) is 1.86. The van der Waals surface area contributed by atoms with E-state index >= 15 is 0 Å². The summed E-state index contributed by atoms with van der Waals surface area (Å²) in [6.45, 7) is 3.64. The molecule has 5 heteroatoms. The molecule has 98 valence electrons. The molecule has 1 atom stereocenters. The van der Waals surface area contributed by atoms with Gasteiger partial charge in [0.15, 0.2) is 5.58 Å². The lowest BCUT2D eigenvalue weighted by molar-refractivity contribution is -0.148. The number of hydrogen-bond donors (Lipinski definition) is 0. The van der Waals surface area contributed by atoms with Crippen LogP contribution in [0.2, 0.25) is 0 Å². The number of rotatable bonds is 4. The van der Waals surface area contributed by atoms with Crippen LogP contribution >= 0.6 is 0 Å². The highest BCUT2D eigenvalue weighted by Crippen LogP contribution is 2.31. The summed E-state index contributed by atoms with van der Waals surface area (Å²) in [6, 6.07) is 9.14. The van der Waals surface area contributed by atoms with E-state index in [1.807, 2.05) is 18.2 Å². The first kappa shape index (κ1) is 13.1. The fourth-order valence-corrected chi connectivity index (χ4v) is 1.86. The van der Waals surface area contributed by atoms with E-state index in [0.29, 0.717) is 11.1 Å². The summed E-state index contributed by atoms with van der Waals surface area (Å²) in [6.07, 6.45) is 0.245. The number of oxazole rings is 1. The Kier molecular flexibility index (Phi) is 3.52. The number of nitrogens with zero attached hydrogens (tertiary/aromatic N) is 2. The maximum Gasteiger partial charge on any atom is 0.336 e. The second-order valence-corrected chi connectivity index (χ2v) is 4.08. The standard InChI is InChI=1S/C14H14N2O3/c1-3-14(9-15,13(17)18-4-2)12-16-10-7-5-6-8-11(10)19-12/h5-8H,3-4H2,1-2H3. The number of carbonyl (C=O) groups excluding carboxylic acids is 1. The van der Waals surface area contributed by atoms with Crippen LogP contribution in [-0.2, 0) is 14.9 Å². The molecule has 1 heterocycles. The molecule has 0 aliphatic rings. The van der Waals surface area contributed by atoms with Gasteiger partial charge in [-0.1, -0.05) is 19.1 Å². The molecular weight excluding hydrogens is 244 g/mol. The first-order valence-electron chi connectivity index (χ1n) is 6.12. The molecule has 0 radical (unpaired) electrons. The Balaban J connectivity index is 2.55. The van der Waals surface area contributed by atoms with Crippen molar-refractivity contribution >= 4 is 17.1 Å². The van der Waals surface area contributed by atoms with Gasteiger partial charge in [0, 0.05) is 0 Å². The number of para-hydroxylation sites is 2. The Hall–Kier alpha value is -2.35. The van der Waals surface area contributed by atoms with Crippen molar-refractivity contribution in [3.05, 3.63) is 30.2 Å². The van der Waals surface area contributed by atoms with Crippen LogP contribution in [0.4, 0.5) is 0 Å². The van der Waals surface area contributed by atoms with E-state index < -0.39 is 11.4 Å². The van der Waals surface area contributed by atoms with Crippen molar-refractivity contribution in [2.24, 2.45) is 0 Å². The van der Waals surface area contributed by atoms with Gasteiger partial charge >= 0.3 is 5.97 Å². The molecule has 5 nitrogen and oxygen atoms in total. The summed E-state index contributed by atoms with van der Waals surface area (Å²) >= 11 is 0. The summed E-state index contributed by atoms with van der Waals surface area (Å²) in [4.78, 5) is 16.3. The van der Waals surface area contributed by atoms with Crippen LogP contribution in [0.1, 0.15) is 26.2 Å². The maximum absolute atomic E-state index is 12.1. The number of nitriles is 1. The van der Waals surface area contributed by atoms with Gasteiger partial charge in [-0.15, -0.1) is 0 Å². The summed E-state index contributed by atoms with van der Waals surface area (Å²) in [5.74, 6) is -0.524. The van der Waals surface area contributed by atoms with Crippen molar-refractivity contribution in [2.45, 2.75) is 25.7 Å². The largest absolute Gasteiger partial charge is 0.464 e. The van der Waals surface area contributed by atoms with Crippen LogP contribution in [0.5, 0.6) is 0 Å². The maximum atomic E-state index is 12.1. The highest BCUT2D eigenvalue weighted by atomic mass is 16.5. The molecule has 2 aromatic rings. The van der Waals surface area contributed by atoms with E-state index in [2.05, 4.69) is 4.98 Å². The summed E-state index contributed by atoms with van der Waals surface area (Å²) < 4.78 is 10.5. The van der Waals surface area contributed by atoms with Gasteiger partial charge in [0.25, 0.3) is 0 Å². The Labute approximate surface area is 110 Å². The SMILES string of the molecule is CCOC(=O)C(C#N)(CC)c1nc2ccccc2o1. The zero-order valence-corrected chi connectivity index (χ0v) is 10.8. The lowest BCUT2D eigenvalue weighted by Crippen LogP contribution is -2.36. The minimum atomic E-state index is -1.48. The van der Waals surface area contributed by atoms with Gasteiger partial charge in [0.1, 0.15) is 5.52 Å². The van der Waals surface area contributed by atoms with Gasteiger partial charge in [-0.3, -0.25) is 0 Å². The van der Waals surface area contributed by atoms with Crippen molar-refractivity contribution in [1.29, 1.82) is 5.26 Å². The number of hydrogen-bond acceptors (Lipinski definition) is 5. The molecule has 0 aliphatic heterocycles. The quantitative estimate of drug-likeness (QED) is 0.788. The second kappa shape index (κ2) is 5.11. The van der Waals surface area contributed by atoms with Crippen LogP contribution in [0.15, 0.2) is 28.7 Å². The van der Waals surface area contributed by atoms with Gasteiger partial charge in [0.2, 0.25) is 11.3 Å². The third-order valence-corrected chi connectivity index (χ3v) is 3.00. The van der Waals surface area contributed by atoms with Crippen molar-refractivity contribution in [3.8, 4) is 6.07 Å². The smallest absolute Gasteiger partial charge is 0.336 e. The first-order chi connectivity index (χ1) is 9.17. The van der Waals surface area contributed by atoms with Gasteiger partial charge in [0.05, 0.1) is 12.7 Å². The predicted molar refractivity (Wildman–Crippen MR) is 68.2 cm³/mol. The van der Waals surface area contributed by atoms with Crippen molar-refractivity contribution in [1.82, 2.24) is 4.98 Å². The molecule has 1 unspecified atom stereocenters. The van der Waals surface area contributed by atoms with Crippen molar-refractivity contribution in [2.75, 3.05) is 6.61 Å². The first-order valence-corrected chi connectivity index (χ1v) is 6.12. The topological polar surface area (TPSA) is 76.1 Å². The minimum absolute atomic E-state index is 0.0946. The van der Waals surface area contributed by atoms with Crippen LogP contribution < -0.4 is 0 Å². The summed E-state index contributed by atoms with van der Waals surface area (Å²) in [5, 5.41) is 9.40. The highest BCUT2D eigenvalue weighted by molar-refractivity contribution is 5.86. The molecule has 0 aliphatic carbocycles. The van der Waals surface area contributed by atoms with E-state index in [-0.39, 0.29) is 18.9 Å². The number of fused-ring (bicyclic) bond motifs is 1. The van der Waals surface area contributed by atoms with Crippen molar-refractivity contribution < 1.29 is 13.9 Å². The van der Waals surface area contributed by atoms with Gasteiger partial charge in [-0.05, 0) is 25.5 Å². The average molecular weight is 258 g/mol. The summed E-state index contributed by atoms with van der Waals surface area (Å²) in [5.41, 5.74) is -0.306. The fraction of sp³-hybridized carbons (Fsp3) is 0.357. The molecule has 2 rings (SSSR count). The molecule has 0 bridgehead atoms. The molecular formula is C14H14N2O3. The van der Waals surface area contributed by atoms with Crippen molar-refractivity contribution in [3.63, 3.8) is 0 Å². The van der Waals surface area contributed by atoms with Gasteiger partial charge in [-0.2, -0.15) is 5.26 Å². The van der Waals surface area contributed by atoms with Crippen LogP contribution in [-0.4, -0.2) is 17.6 Å². The Bertz CT molecular complexity index is 608. The monoisotopic (exact) mass is 258 g/mol. The molecule has 0 saturated heterocycles. The normalized spacial score (nSPS) is 13.7. The Morgan fingerprint density at radius 2 is 2.21 bits per heavy atom. The van der Waals surface area contributed by atoms with Gasteiger partial charge < -0.3 is 9.15 Å². The summed E-state index contributed by atoms with van der Waals surface area (Å²) in [7, 11) is 0. The number of esters is 1. The molecule has 1 aromatic heterocycles. The van der Waals surface area contributed by atoms with E-state index in [9.17, 15) is 10.1 Å². The number of ether oxygens (including phenoxy) is 1. The molecule has 0 saturated carbocycles. The van der Waals surface area contributed by atoms with E-state index in [1.165, 1.54) is 0 Å². The lowest BCUT2D eigenvalue weighted by atomic mass is 9.87. The number of aromatic nitrogens is 1. The molecule has 0 spiro atoms. The van der Waals surface area contributed by atoms with E-state index in [1.54, 1.807) is 26.0 Å². The lowest BCUT2D eigenvalue weighted by Gasteiger charge is -2.18. The zero-order valence-electron chi connectivity index (χ0n) is 10.8. The number of benzene rings is 1. The third kappa shape index (κ3) is 2.06. The highest BCUT2D eigenvalue weighted by Gasteiger charge is 2.45. The van der Waals surface area contributed by atoms with E-state index in [4.69, 9.17) is 9.15 Å². The predicted octanol–water partition coefficient (Wildman–Crippen LogP) is 2.56. The molecule has 1 aromatic carbocycles. The molecule has 0 fully saturated rings. The van der Waals surface area contributed by atoms with E-state index in [0.717, 1.165) is 0 Å². The molecule has 0 amide bonds. The Morgan fingerprint density at radius 3 is 2.79 bits per heavy atom. The third-order valence-electron chi connectivity index (χ3n) is 3.00. The molecule has 0 N–H and O–H groups in total. The average Bonchev–Trinajstić information content (AvgIpc) is 2.85. The van der Waals surface area contributed by atoms with Gasteiger partial charge in [-0.25, -0.2) is 9.78 Å². The zero-order chi connectivity index (χ0) is 13.9. The Morgan fingerprint density at radius 1 is 1.47 bits per heavy atom. The van der Waals surface area contributed by atoms with Crippen LogP contribution in [0.3, 0.4) is 0 Å². The second-order valence-electron chi connectivity index (χ2n) is 4.08. The molecule has 19 heavy (non-hydrogen) atoms. The van der Waals surface area contributed by atoms with Crippen LogP contribution in [0.25, 0.3) is 11.1 Å². The van der Waals surface area contributed by atoms with Crippen LogP contribution in [0, 0.1) is 11.3 Å².